The minimum atomic E-state index is -0.582. The highest BCUT2D eigenvalue weighted by atomic mass is 32.1. The van der Waals surface area contributed by atoms with Crippen molar-refractivity contribution in [2.24, 2.45) is 0 Å². The number of carbonyl (C=O) groups excluding carboxylic acids is 1. The second-order valence-corrected chi connectivity index (χ2v) is 4.37. The van der Waals surface area contributed by atoms with Crippen molar-refractivity contribution in [1.29, 1.82) is 0 Å². The van der Waals surface area contributed by atoms with Gasteiger partial charge < -0.3 is 5.11 Å². The second-order valence-electron chi connectivity index (χ2n) is 3.34. The van der Waals surface area contributed by atoms with E-state index in [1.54, 1.807) is 0 Å². The van der Waals surface area contributed by atoms with Crippen LogP contribution in [0, 0.1) is 17.7 Å². The lowest BCUT2D eigenvalue weighted by atomic mass is 10.3. The molecule has 2 rings (SSSR count). The molecule has 1 amide bonds. The second kappa shape index (κ2) is 6.04. The van der Waals surface area contributed by atoms with Gasteiger partial charge in [-0.15, -0.1) is 0 Å². The largest absolute Gasteiger partial charge is 0.384 e. The van der Waals surface area contributed by atoms with Crippen LogP contribution in [0.25, 0.3) is 0 Å². The maximum atomic E-state index is 12.9. The molecule has 0 bridgehead atoms. The molecule has 0 aromatic carbocycles. The number of thiazole rings is 1. The first-order valence-corrected chi connectivity index (χ1v) is 5.98. The number of hydrogen-bond acceptors (Lipinski definition) is 5. The van der Waals surface area contributed by atoms with Gasteiger partial charge >= 0.3 is 0 Å². The van der Waals surface area contributed by atoms with Crippen LogP contribution in [-0.2, 0) is 0 Å². The fourth-order valence-corrected chi connectivity index (χ4v) is 1.91. The molecule has 2 N–H and O–H groups in total. The Bertz CT molecular complexity index is 660. The van der Waals surface area contributed by atoms with E-state index in [9.17, 15) is 9.18 Å². The number of pyridine rings is 1. The number of aliphatic hydroxyl groups is 1. The van der Waals surface area contributed by atoms with E-state index >= 15 is 0 Å². The molecule has 0 saturated carbocycles. The lowest BCUT2D eigenvalue weighted by molar-refractivity contribution is 0.102. The van der Waals surface area contributed by atoms with Gasteiger partial charge in [-0.3, -0.25) is 15.1 Å². The predicted octanol–water partition coefficient (Wildman–Crippen LogP) is 1.27. The topological polar surface area (TPSA) is 75.1 Å². The summed E-state index contributed by atoms with van der Waals surface area (Å²) in [5.41, 5.74) is 0.109. The van der Waals surface area contributed by atoms with Gasteiger partial charge in [0.2, 0.25) is 0 Å². The normalized spacial score (nSPS) is 9.58. The maximum absolute atomic E-state index is 12.9. The third-order valence-corrected chi connectivity index (χ3v) is 2.81. The highest BCUT2D eigenvalue weighted by Gasteiger charge is 2.09. The summed E-state index contributed by atoms with van der Waals surface area (Å²) in [4.78, 5) is 19.9. The molecule has 0 saturated heterocycles. The van der Waals surface area contributed by atoms with Crippen molar-refractivity contribution < 1.29 is 14.3 Å². The number of aliphatic hydroxyl groups excluding tert-OH is 1. The molecule has 0 fully saturated rings. The first-order valence-electron chi connectivity index (χ1n) is 5.16. The Morgan fingerprint density at radius 2 is 2.32 bits per heavy atom. The van der Waals surface area contributed by atoms with Gasteiger partial charge in [0.05, 0.1) is 22.8 Å². The molecule has 2 heterocycles. The van der Waals surface area contributed by atoms with Crippen molar-refractivity contribution in [3.05, 3.63) is 40.9 Å². The third kappa shape index (κ3) is 3.58. The standard InChI is InChI=1S/C12H8FN3O2S/c13-9-4-8(5-14-6-9)11(18)16-12-15-7-10(19-12)2-1-3-17/h4-7,17H,3H2,(H,15,16,18). The summed E-state index contributed by atoms with van der Waals surface area (Å²) in [6, 6.07) is 1.09. The molecular weight excluding hydrogens is 269 g/mol. The van der Waals surface area contributed by atoms with E-state index in [0.29, 0.717) is 10.0 Å². The van der Waals surface area contributed by atoms with Crippen LogP contribution < -0.4 is 5.32 Å². The van der Waals surface area contributed by atoms with Gasteiger partial charge in [-0.25, -0.2) is 9.37 Å². The van der Waals surface area contributed by atoms with Crippen LogP contribution >= 0.6 is 11.3 Å². The van der Waals surface area contributed by atoms with Crippen LogP contribution in [0.1, 0.15) is 15.2 Å². The Labute approximate surface area is 112 Å². The van der Waals surface area contributed by atoms with Gasteiger partial charge in [-0.2, -0.15) is 0 Å². The monoisotopic (exact) mass is 277 g/mol. The average molecular weight is 277 g/mol. The lowest BCUT2D eigenvalue weighted by Gasteiger charge is -2.00. The van der Waals surface area contributed by atoms with Crippen LogP contribution in [-0.4, -0.2) is 27.6 Å². The van der Waals surface area contributed by atoms with E-state index in [0.717, 1.165) is 23.6 Å². The van der Waals surface area contributed by atoms with Crippen LogP contribution in [0.4, 0.5) is 9.52 Å². The Balaban J connectivity index is 2.09. The van der Waals surface area contributed by atoms with Crippen LogP contribution in [0.2, 0.25) is 0 Å². The van der Waals surface area contributed by atoms with Crippen molar-refractivity contribution in [2.75, 3.05) is 11.9 Å². The molecule has 19 heavy (non-hydrogen) atoms. The van der Waals surface area contributed by atoms with Crippen LogP contribution in [0.5, 0.6) is 0 Å². The van der Waals surface area contributed by atoms with Crippen molar-refractivity contribution in [2.45, 2.75) is 0 Å². The first kappa shape index (κ1) is 13.1. The lowest BCUT2D eigenvalue weighted by Crippen LogP contribution is -2.12. The number of halogens is 1. The Hall–Kier alpha value is -2.30. The Kier molecular flexibility index (Phi) is 4.18. The van der Waals surface area contributed by atoms with Gasteiger partial charge in [-0.1, -0.05) is 23.2 Å². The zero-order valence-electron chi connectivity index (χ0n) is 9.55. The molecule has 0 aliphatic heterocycles. The zero-order chi connectivity index (χ0) is 13.7. The van der Waals surface area contributed by atoms with E-state index in [-0.39, 0.29) is 12.2 Å². The smallest absolute Gasteiger partial charge is 0.259 e. The highest BCUT2D eigenvalue weighted by Crippen LogP contribution is 2.17. The van der Waals surface area contributed by atoms with Crippen molar-refractivity contribution in [3.63, 3.8) is 0 Å². The molecule has 0 unspecified atom stereocenters. The highest BCUT2D eigenvalue weighted by molar-refractivity contribution is 7.16. The maximum Gasteiger partial charge on any atom is 0.259 e. The summed E-state index contributed by atoms with van der Waals surface area (Å²) in [5.74, 6) is 4.06. The minimum absolute atomic E-state index is 0.109. The fraction of sp³-hybridized carbons (Fsp3) is 0.0833. The number of nitrogens with one attached hydrogen (secondary N) is 1. The molecule has 96 valence electrons. The van der Waals surface area contributed by atoms with Crippen molar-refractivity contribution in [3.8, 4) is 11.8 Å². The Morgan fingerprint density at radius 3 is 3.05 bits per heavy atom. The van der Waals surface area contributed by atoms with Gasteiger partial charge in [0, 0.05) is 6.20 Å². The number of nitrogens with zero attached hydrogens (tertiary/aromatic N) is 2. The van der Waals surface area contributed by atoms with Gasteiger partial charge in [0.25, 0.3) is 5.91 Å². The number of amides is 1. The van der Waals surface area contributed by atoms with E-state index in [2.05, 4.69) is 27.1 Å². The van der Waals surface area contributed by atoms with E-state index in [4.69, 9.17) is 5.11 Å². The molecule has 0 aliphatic carbocycles. The van der Waals surface area contributed by atoms with E-state index < -0.39 is 11.7 Å². The molecule has 0 atom stereocenters. The SMILES string of the molecule is O=C(Nc1ncc(C#CCO)s1)c1cncc(F)c1. The number of aromatic nitrogens is 2. The third-order valence-electron chi connectivity index (χ3n) is 1.98. The van der Waals surface area contributed by atoms with E-state index in [1.807, 2.05) is 0 Å². The van der Waals surface area contributed by atoms with Gasteiger partial charge in [0.1, 0.15) is 12.4 Å². The molecule has 5 nitrogen and oxygen atoms in total. The molecule has 0 spiro atoms. The minimum Gasteiger partial charge on any atom is -0.384 e. The summed E-state index contributed by atoms with van der Waals surface area (Å²) in [5, 5.41) is 11.4. The summed E-state index contributed by atoms with van der Waals surface area (Å²) >= 11 is 1.16. The van der Waals surface area contributed by atoms with Crippen LogP contribution in [0.3, 0.4) is 0 Å². The van der Waals surface area contributed by atoms with Crippen LogP contribution in [0.15, 0.2) is 24.7 Å². The summed E-state index contributed by atoms with van der Waals surface area (Å²) in [6.45, 7) is -0.242. The first-order chi connectivity index (χ1) is 9.19. The molecule has 0 radical (unpaired) electrons. The molecule has 7 heteroatoms. The number of anilines is 1. The van der Waals surface area contributed by atoms with Gasteiger partial charge in [-0.05, 0) is 6.07 Å². The number of carbonyl (C=O) groups is 1. The Morgan fingerprint density at radius 1 is 1.47 bits per heavy atom. The summed E-state index contributed by atoms with van der Waals surface area (Å²) in [7, 11) is 0. The zero-order valence-corrected chi connectivity index (χ0v) is 10.4. The average Bonchev–Trinajstić information content (AvgIpc) is 2.84. The number of hydrogen-bond donors (Lipinski definition) is 2. The van der Waals surface area contributed by atoms with Gasteiger partial charge in [0.15, 0.2) is 5.13 Å². The van der Waals surface area contributed by atoms with Crippen molar-refractivity contribution in [1.82, 2.24) is 9.97 Å². The predicted molar refractivity (Wildman–Crippen MR) is 68.2 cm³/mol. The fourth-order valence-electron chi connectivity index (χ4n) is 1.22. The quantitative estimate of drug-likeness (QED) is 0.811. The van der Waals surface area contributed by atoms with E-state index in [1.165, 1.54) is 12.4 Å². The molecule has 0 aliphatic rings. The summed E-state index contributed by atoms with van der Waals surface area (Å²) in [6.07, 6.45) is 3.76. The molecular formula is C12H8FN3O2S. The molecule has 2 aromatic rings. The van der Waals surface area contributed by atoms with Crippen molar-refractivity contribution >= 4 is 22.4 Å². The molecule has 2 aromatic heterocycles. The summed E-state index contributed by atoms with van der Waals surface area (Å²) < 4.78 is 12.9. The number of rotatable bonds is 2.